The minimum atomic E-state index is -0.931. The molecule has 0 spiro atoms. The number of halogens is 1. The SMILES string of the molecule is COC(=O)C1=C(C(=O)OC)N2c3ccccc3C=CC2N(c2ccc(C)c(Cl)c2)C1=O. The Kier molecular flexibility index (Phi) is 5.29. The number of fused-ring (bicyclic) bond motifs is 3. The Balaban J connectivity index is 2.03. The van der Waals surface area contributed by atoms with E-state index in [-0.39, 0.29) is 5.70 Å². The lowest BCUT2D eigenvalue weighted by molar-refractivity contribution is -0.141. The summed E-state index contributed by atoms with van der Waals surface area (Å²) < 4.78 is 9.80. The van der Waals surface area contributed by atoms with E-state index in [1.54, 1.807) is 35.2 Å². The summed E-state index contributed by atoms with van der Waals surface area (Å²) in [5, 5.41) is 0.472. The van der Waals surface area contributed by atoms with E-state index in [0.717, 1.165) is 18.2 Å². The van der Waals surface area contributed by atoms with Crippen molar-refractivity contribution in [3.8, 4) is 0 Å². The van der Waals surface area contributed by atoms with Gasteiger partial charge in [-0.2, -0.15) is 0 Å². The van der Waals surface area contributed by atoms with Gasteiger partial charge in [0.2, 0.25) is 0 Å². The number of carbonyl (C=O) groups excluding carboxylic acids is 3. The maximum Gasteiger partial charge on any atom is 0.355 e. The van der Waals surface area contributed by atoms with Gasteiger partial charge in [0.05, 0.1) is 19.9 Å². The molecule has 7 nitrogen and oxygen atoms in total. The molecule has 0 aromatic heterocycles. The molecule has 4 rings (SSSR count). The number of ether oxygens (including phenoxy) is 2. The number of aryl methyl sites for hydroxylation is 1. The number of amides is 1. The summed E-state index contributed by atoms with van der Waals surface area (Å²) in [4.78, 5) is 42.1. The number of nitrogens with zero attached hydrogens (tertiary/aromatic N) is 2. The fourth-order valence-electron chi connectivity index (χ4n) is 3.77. The summed E-state index contributed by atoms with van der Waals surface area (Å²) in [5.41, 5.74) is 2.20. The van der Waals surface area contributed by atoms with Crippen LogP contribution < -0.4 is 9.80 Å². The Bertz CT molecular complexity index is 1170. The van der Waals surface area contributed by atoms with E-state index in [2.05, 4.69) is 0 Å². The highest BCUT2D eigenvalue weighted by atomic mass is 35.5. The Morgan fingerprint density at radius 3 is 2.39 bits per heavy atom. The Morgan fingerprint density at radius 2 is 1.71 bits per heavy atom. The topological polar surface area (TPSA) is 76.2 Å². The van der Waals surface area contributed by atoms with Gasteiger partial charge in [0, 0.05) is 10.7 Å². The first-order chi connectivity index (χ1) is 14.9. The minimum absolute atomic E-state index is 0.171. The average molecular weight is 439 g/mol. The molecule has 158 valence electrons. The molecular weight excluding hydrogens is 420 g/mol. The predicted octanol–water partition coefficient (Wildman–Crippen LogP) is 3.45. The van der Waals surface area contributed by atoms with Crippen molar-refractivity contribution in [1.82, 2.24) is 0 Å². The molecule has 2 heterocycles. The third-order valence-corrected chi connectivity index (χ3v) is 5.69. The molecule has 0 radical (unpaired) electrons. The number of hydrogen-bond acceptors (Lipinski definition) is 6. The highest BCUT2D eigenvalue weighted by molar-refractivity contribution is 6.32. The Hall–Kier alpha value is -3.58. The van der Waals surface area contributed by atoms with Gasteiger partial charge in [0.15, 0.2) is 5.57 Å². The summed E-state index contributed by atoms with van der Waals surface area (Å²) in [6.07, 6.45) is 2.93. The second-order valence-electron chi connectivity index (χ2n) is 7.02. The lowest BCUT2D eigenvalue weighted by atomic mass is 9.97. The van der Waals surface area contributed by atoms with Gasteiger partial charge in [-0.15, -0.1) is 0 Å². The maximum atomic E-state index is 13.6. The van der Waals surface area contributed by atoms with Crippen LogP contribution in [0.15, 0.2) is 59.8 Å². The normalized spacial score (nSPS) is 17.3. The molecule has 1 atom stereocenters. The molecular formula is C23H19ClN2O5. The molecule has 0 N–H and O–H groups in total. The molecule has 8 heteroatoms. The Labute approximate surface area is 184 Å². The maximum absolute atomic E-state index is 13.6. The summed E-state index contributed by atoms with van der Waals surface area (Å²) in [5.74, 6) is -2.43. The predicted molar refractivity (Wildman–Crippen MR) is 116 cm³/mol. The molecule has 31 heavy (non-hydrogen) atoms. The van der Waals surface area contributed by atoms with Crippen LogP contribution in [0.2, 0.25) is 5.02 Å². The van der Waals surface area contributed by atoms with Crippen LogP contribution >= 0.6 is 11.6 Å². The van der Waals surface area contributed by atoms with Gasteiger partial charge in [0.1, 0.15) is 11.9 Å². The van der Waals surface area contributed by atoms with Crippen molar-refractivity contribution in [2.24, 2.45) is 0 Å². The van der Waals surface area contributed by atoms with E-state index in [1.807, 2.05) is 31.2 Å². The van der Waals surface area contributed by atoms with Gasteiger partial charge in [-0.3, -0.25) is 9.69 Å². The van der Waals surface area contributed by atoms with E-state index < -0.39 is 29.6 Å². The first kappa shape index (κ1) is 20.7. The number of carbonyl (C=O) groups is 3. The molecule has 2 aliphatic heterocycles. The van der Waals surface area contributed by atoms with Crippen LogP contribution in [0.4, 0.5) is 11.4 Å². The third-order valence-electron chi connectivity index (χ3n) is 5.29. The van der Waals surface area contributed by atoms with Crippen LogP contribution in [0, 0.1) is 6.92 Å². The molecule has 1 amide bonds. The van der Waals surface area contributed by atoms with Crippen LogP contribution in [0.1, 0.15) is 11.1 Å². The third kappa shape index (κ3) is 3.27. The van der Waals surface area contributed by atoms with Crippen LogP contribution in [0.5, 0.6) is 0 Å². The average Bonchev–Trinajstić information content (AvgIpc) is 2.79. The summed E-state index contributed by atoms with van der Waals surface area (Å²) >= 11 is 6.32. The second kappa shape index (κ2) is 7.92. The number of methoxy groups -OCH3 is 2. The smallest absolute Gasteiger partial charge is 0.355 e. The van der Waals surface area contributed by atoms with Crippen molar-refractivity contribution in [3.63, 3.8) is 0 Å². The first-order valence-electron chi connectivity index (χ1n) is 9.46. The largest absolute Gasteiger partial charge is 0.465 e. The van der Waals surface area contributed by atoms with Crippen molar-refractivity contribution in [2.75, 3.05) is 24.0 Å². The van der Waals surface area contributed by atoms with Crippen molar-refractivity contribution >= 4 is 46.9 Å². The highest BCUT2D eigenvalue weighted by Gasteiger charge is 2.47. The molecule has 2 aromatic carbocycles. The van der Waals surface area contributed by atoms with Crippen molar-refractivity contribution in [1.29, 1.82) is 0 Å². The Morgan fingerprint density at radius 1 is 1.00 bits per heavy atom. The fraction of sp³-hybridized carbons (Fsp3) is 0.174. The first-order valence-corrected chi connectivity index (χ1v) is 9.84. The van der Waals surface area contributed by atoms with E-state index in [4.69, 9.17) is 21.1 Å². The molecule has 0 saturated heterocycles. The van der Waals surface area contributed by atoms with E-state index in [1.165, 1.54) is 12.0 Å². The van der Waals surface area contributed by atoms with Crippen molar-refractivity contribution in [2.45, 2.75) is 13.1 Å². The van der Waals surface area contributed by atoms with Gasteiger partial charge >= 0.3 is 11.9 Å². The van der Waals surface area contributed by atoms with Gasteiger partial charge < -0.3 is 14.4 Å². The number of rotatable bonds is 3. The zero-order valence-electron chi connectivity index (χ0n) is 17.1. The lowest BCUT2D eigenvalue weighted by Gasteiger charge is -2.45. The van der Waals surface area contributed by atoms with Crippen LogP contribution in [-0.2, 0) is 23.9 Å². The standard InChI is InChI=1S/C23H19ClN2O5/c1-13-8-10-15(12-16(13)24)25-18-11-9-14-6-4-5-7-17(14)26(18)20(23(29)31-3)19(21(25)27)22(28)30-2/h4-12,18H,1-3H3. The molecule has 0 saturated carbocycles. The van der Waals surface area contributed by atoms with Crippen LogP contribution in [0.25, 0.3) is 6.08 Å². The van der Waals surface area contributed by atoms with Crippen LogP contribution in [0.3, 0.4) is 0 Å². The molecule has 2 aromatic rings. The summed E-state index contributed by atoms with van der Waals surface area (Å²) in [7, 11) is 2.35. The van der Waals surface area contributed by atoms with Gasteiger partial charge in [-0.25, -0.2) is 9.59 Å². The number of esters is 2. The number of anilines is 2. The van der Waals surface area contributed by atoms with E-state index in [0.29, 0.717) is 16.4 Å². The number of hydrogen-bond donors (Lipinski definition) is 0. The van der Waals surface area contributed by atoms with Crippen molar-refractivity contribution < 1.29 is 23.9 Å². The quantitative estimate of drug-likeness (QED) is 0.539. The zero-order valence-corrected chi connectivity index (χ0v) is 17.8. The number of benzene rings is 2. The molecule has 2 aliphatic rings. The molecule has 1 unspecified atom stereocenters. The minimum Gasteiger partial charge on any atom is -0.465 e. The summed E-state index contributed by atoms with van der Waals surface area (Å²) in [6, 6.07) is 12.5. The lowest BCUT2D eigenvalue weighted by Crippen LogP contribution is -2.58. The monoisotopic (exact) mass is 438 g/mol. The van der Waals surface area contributed by atoms with Gasteiger partial charge in [0.25, 0.3) is 5.91 Å². The van der Waals surface area contributed by atoms with E-state index >= 15 is 0 Å². The second-order valence-corrected chi connectivity index (χ2v) is 7.42. The van der Waals surface area contributed by atoms with Gasteiger partial charge in [-0.1, -0.05) is 41.9 Å². The highest BCUT2D eigenvalue weighted by Crippen LogP contribution is 2.40. The summed E-state index contributed by atoms with van der Waals surface area (Å²) in [6.45, 7) is 1.85. The van der Waals surface area contributed by atoms with Crippen LogP contribution in [-0.4, -0.2) is 38.2 Å². The molecule has 0 fully saturated rings. The van der Waals surface area contributed by atoms with Gasteiger partial charge in [-0.05, 0) is 42.3 Å². The molecule has 0 bridgehead atoms. The molecule has 0 aliphatic carbocycles. The van der Waals surface area contributed by atoms with E-state index in [9.17, 15) is 14.4 Å². The zero-order chi connectivity index (χ0) is 22.3. The van der Waals surface area contributed by atoms with Crippen molar-refractivity contribution in [3.05, 3.63) is 76.0 Å². The number of para-hydroxylation sites is 1. The fourth-order valence-corrected chi connectivity index (χ4v) is 3.94.